The lowest BCUT2D eigenvalue weighted by Gasteiger charge is -2.09. The minimum Gasteiger partial charge on any atom is -0.491 e. The van der Waals surface area contributed by atoms with Crippen LogP contribution in [0.5, 0.6) is 5.75 Å². The molecule has 1 heterocycles. The van der Waals surface area contributed by atoms with Crippen molar-refractivity contribution in [2.24, 2.45) is 7.05 Å². The standard InChI is InChI=1S/C14H18FN3O/c1-4-19-14-6-5-12(7-13(14)15)16-8-11-9-17-18(3)10(11)2/h5-7,9,16H,4,8H2,1-3H3. The number of hydrogen-bond donors (Lipinski definition) is 1. The lowest BCUT2D eigenvalue weighted by atomic mass is 10.2. The third-order valence-corrected chi connectivity index (χ3v) is 3.05. The molecule has 0 radical (unpaired) electrons. The molecular weight excluding hydrogens is 245 g/mol. The second-order valence-corrected chi connectivity index (χ2v) is 4.31. The van der Waals surface area contributed by atoms with Gasteiger partial charge in [0.2, 0.25) is 0 Å². The molecule has 0 atom stereocenters. The third kappa shape index (κ3) is 3.05. The fourth-order valence-corrected chi connectivity index (χ4v) is 1.80. The summed E-state index contributed by atoms with van der Waals surface area (Å²) in [4.78, 5) is 0. The van der Waals surface area contributed by atoms with Crippen LogP contribution in [0.25, 0.3) is 0 Å². The number of nitrogens with zero attached hydrogens (tertiary/aromatic N) is 2. The molecule has 0 unspecified atom stereocenters. The normalized spacial score (nSPS) is 10.5. The largest absolute Gasteiger partial charge is 0.491 e. The van der Waals surface area contributed by atoms with Gasteiger partial charge in [0.25, 0.3) is 0 Å². The molecule has 1 N–H and O–H groups in total. The van der Waals surface area contributed by atoms with Gasteiger partial charge < -0.3 is 10.1 Å². The van der Waals surface area contributed by atoms with Gasteiger partial charge in [-0.15, -0.1) is 0 Å². The van der Waals surface area contributed by atoms with Gasteiger partial charge in [-0.05, 0) is 26.0 Å². The maximum absolute atomic E-state index is 13.7. The molecule has 1 aromatic carbocycles. The first kappa shape index (κ1) is 13.4. The zero-order chi connectivity index (χ0) is 13.8. The van der Waals surface area contributed by atoms with E-state index in [0.717, 1.165) is 16.9 Å². The first-order valence-corrected chi connectivity index (χ1v) is 6.25. The molecule has 0 aliphatic rings. The van der Waals surface area contributed by atoms with Gasteiger partial charge in [0, 0.05) is 36.6 Å². The Bertz CT molecular complexity index is 566. The van der Waals surface area contributed by atoms with Crippen LogP contribution >= 0.6 is 0 Å². The Kier molecular flexibility index (Phi) is 4.04. The van der Waals surface area contributed by atoms with Gasteiger partial charge in [-0.25, -0.2) is 4.39 Å². The molecule has 5 heteroatoms. The quantitative estimate of drug-likeness (QED) is 0.901. The molecule has 2 aromatic rings. The minimum atomic E-state index is -0.352. The predicted molar refractivity (Wildman–Crippen MR) is 72.8 cm³/mol. The van der Waals surface area contributed by atoms with Crippen LogP contribution in [0, 0.1) is 12.7 Å². The number of aryl methyl sites for hydroxylation is 1. The highest BCUT2D eigenvalue weighted by Gasteiger charge is 2.06. The van der Waals surface area contributed by atoms with Crippen molar-refractivity contribution >= 4 is 5.69 Å². The van der Waals surface area contributed by atoms with Crippen LogP contribution in [-0.2, 0) is 13.6 Å². The molecule has 19 heavy (non-hydrogen) atoms. The second-order valence-electron chi connectivity index (χ2n) is 4.31. The molecule has 0 saturated heterocycles. The summed E-state index contributed by atoms with van der Waals surface area (Å²) >= 11 is 0. The topological polar surface area (TPSA) is 39.1 Å². The van der Waals surface area contributed by atoms with Gasteiger partial charge in [-0.1, -0.05) is 0 Å². The first-order chi connectivity index (χ1) is 9.11. The molecule has 102 valence electrons. The number of rotatable bonds is 5. The van der Waals surface area contributed by atoms with Crippen molar-refractivity contribution < 1.29 is 9.13 Å². The van der Waals surface area contributed by atoms with E-state index in [9.17, 15) is 4.39 Å². The number of benzene rings is 1. The van der Waals surface area contributed by atoms with Crippen LogP contribution in [0.2, 0.25) is 0 Å². The maximum atomic E-state index is 13.7. The Labute approximate surface area is 112 Å². The Hall–Kier alpha value is -2.04. The van der Waals surface area contributed by atoms with Crippen molar-refractivity contribution in [1.82, 2.24) is 9.78 Å². The lowest BCUT2D eigenvalue weighted by Crippen LogP contribution is -2.02. The van der Waals surface area contributed by atoms with Gasteiger partial charge in [0.1, 0.15) is 0 Å². The van der Waals surface area contributed by atoms with E-state index in [0.29, 0.717) is 13.2 Å². The fourth-order valence-electron chi connectivity index (χ4n) is 1.80. The SMILES string of the molecule is CCOc1ccc(NCc2cnn(C)c2C)cc1F. The van der Waals surface area contributed by atoms with Crippen LogP contribution in [0.15, 0.2) is 24.4 Å². The molecular formula is C14H18FN3O. The van der Waals surface area contributed by atoms with Crippen LogP contribution in [-0.4, -0.2) is 16.4 Å². The molecule has 0 amide bonds. The molecule has 0 fully saturated rings. The number of aromatic nitrogens is 2. The average Bonchev–Trinajstić information content (AvgIpc) is 2.71. The van der Waals surface area contributed by atoms with Crippen LogP contribution in [0.1, 0.15) is 18.2 Å². The molecule has 4 nitrogen and oxygen atoms in total. The molecule has 0 spiro atoms. The summed E-state index contributed by atoms with van der Waals surface area (Å²) in [6, 6.07) is 4.88. The summed E-state index contributed by atoms with van der Waals surface area (Å²) in [6.45, 7) is 4.91. The smallest absolute Gasteiger partial charge is 0.167 e. The zero-order valence-corrected chi connectivity index (χ0v) is 11.4. The summed E-state index contributed by atoms with van der Waals surface area (Å²) in [5, 5.41) is 7.34. The van der Waals surface area contributed by atoms with Gasteiger partial charge in [-0.2, -0.15) is 5.10 Å². The summed E-state index contributed by atoms with van der Waals surface area (Å²) in [5.41, 5.74) is 2.92. The van der Waals surface area contributed by atoms with Crippen molar-refractivity contribution in [2.75, 3.05) is 11.9 Å². The van der Waals surface area contributed by atoms with Gasteiger partial charge in [0.15, 0.2) is 11.6 Å². The monoisotopic (exact) mass is 263 g/mol. The summed E-state index contributed by atoms with van der Waals surface area (Å²) in [5.74, 6) is -0.0691. The van der Waals surface area contributed by atoms with E-state index in [1.165, 1.54) is 6.07 Å². The predicted octanol–water partition coefficient (Wildman–Crippen LogP) is 2.88. The van der Waals surface area contributed by atoms with Crippen LogP contribution in [0.4, 0.5) is 10.1 Å². The van der Waals surface area contributed by atoms with Crippen molar-refractivity contribution in [1.29, 1.82) is 0 Å². The van der Waals surface area contributed by atoms with Crippen LogP contribution < -0.4 is 10.1 Å². The Morgan fingerprint density at radius 3 is 2.79 bits per heavy atom. The molecule has 1 aromatic heterocycles. The zero-order valence-electron chi connectivity index (χ0n) is 11.4. The van der Waals surface area contributed by atoms with Gasteiger partial charge in [0.05, 0.1) is 12.8 Å². The van der Waals surface area contributed by atoms with E-state index >= 15 is 0 Å². The Morgan fingerprint density at radius 1 is 1.42 bits per heavy atom. The van der Waals surface area contributed by atoms with E-state index in [-0.39, 0.29) is 11.6 Å². The van der Waals surface area contributed by atoms with E-state index < -0.39 is 0 Å². The Morgan fingerprint density at radius 2 is 2.21 bits per heavy atom. The number of hydrogen-bond acceptors (Lipinski definition) is 3. The molecule has 0 aliphatic heterocycles. The number of nitrogens with one attached hydrogen (secondary N) is 1. The highest BCUT2D eigenvalue weighted by atomic mass is 19.1. The average molecular weight is 263 g/mol. The lowest BCUT2D eigenvalue weighted by molar-refractivity contribution is 0.321. The van der Waals surface area contributed by atoms with E-state index in [4.69, 9.17) is 4.74 Å². The summed E-state index contributed by atoms with van der Waals surface area (Å²) in [7, 11) is 1.90. The van der Waals surface area contributed by atoms with Crippen molar-refractivity contribution in [3.05, 3.63) is 41.5 Å². The van der Waals surface area contributed by atoms with Gasteiger partial charge >= 0.3 is 0 Å². The van der Waals surface area contributed by atoms with Gasteiger partial charge in [-0.3, -0.25) is 4.68 Å². The van der Waals surface area contributed by atoms with Crippen molar-refractivity contribution in [2.45, 2.75) is 20.4 Å². The number of ether oxygens (including phenoxy) is 1. The van der Waals surface area contributed by atoms with Crippen LogP contribution in [0.3, 0.4) is 0 Å². The van der Waals surface area contributed by atoms with Crippen molar-refractivity contribution in [3.63, 3.8) is 0 Å². The second kappa shape index (κ2) is 5.73. The van der Waals surface area contributed by atoms with E-state index in [1.54, 1.807) is 12.1 Å². The summed E-state index contributed by atoms with van der Waals surface area (Å²) in [6.07, 6.45) is 1.81. The summed E-state index contributed by atoms with van der Waals surface area (Å²) < 4.78 is 20.6. The fraction of sp³-hybridized carbons (Fsp3) is 0.357. The number of halogens is 1. The van der Waals surface area contributed by atoms with E-state index in [1.807, 2.05) is 31.8 Å². The molecule has 0 aliphatic carbocycles. The Balaban J connectivity index is 2.04. The third-order valence-electron chi connectivity index (χ3n) is 3.05. The van der Waals surface area contributed by atoms with E-state index in [2.05, 4.69) is 10.4 Å². The highest BCUT2D eigenvalue weighted by molar-refractivity contribution is 5.47. The number of anilines is 1. The molecule has 0 saturated carbocycles. The maximum Gasteiger partial charge on any atom is 0.167 e. The highest BCUT2D eigenvalue weighted by Crippen LogP contribution is 2.21. The first-order valence-electron chi connectivity index (χ1n) is 6.25. The molecule has 2 rings (SSSR count). The minimum absolute atomic E-state index is 0.283. The molecule has 0 bridgehead atoms. The van der Waals surface area contributed by atoms with Crippen molar-refractivity contribution in [3.8, 4) is 5.75 Å².